The number of nitrogens with zero attached hydrogens (tertiary/aromatic N) is 3. The number of benzene rings is 2. The van der Waals surface area contributed by atoms with Gasteiger partial charge in [-0.25, -0.2) is 14.3 Å². The van der Waals surface area contributed by atoms with E-state index in [0.717, 1.165) is 19.4 Å². The number of nitrogens with two attached hydrogens (primary N) is 1. The number of nitrogen functional groups attached to an aromatic ring is 1. The van der Waals surface area contributed by atoms with Crippen LogP contribution < -0.4 is 28.0 Å². The van der Waals surface area contributed by atoms with E-state index < -0.39 is 35.2 Å². The van der Waals surface area contributed by atoms with Crippen LogP contribution in [0.1, 0.15) is 21.7 Å². The van der Waals surface area contributed by atoms with Crippen molar-refractivity contribution in [3.8, 4) is 0 Å². The third-order valence-electron chi connectivity index (χ3n) is 4.82. The van der Waals surface area contributed by atoms with Crippen LogP contribution in [0, 0.1) is 0 Å². The van der Waals surface area contributed by atoms with Crippen molar-refractivity contribution in [3.63, 3.8) is 0 Å². The lowest BCUT2D eigenvalue weighted by Gasteiger charge is -2.07. The van der Waals surface area contributed by atoms with E-state index >= 15 is 0 Å². The van der Waals surface area contributed by atoms with Crippen molar-refractivity contribution in [1.29, 1.82) is 0 Å². The highest BCUT2D eigenvalue weighted by molar-refractivity contribution is 9.10. The molecule has 180 valence electrons. The Hall–Kier alpha value is -3.61. The van der Waals surface area contributed by atoms with Crippen molar-refractivity contribution >= 4 is 61.9 Å². The van der Waals surface area contributed by atoms with Crippen molar-refractivity contribution < 1.29 is 14.0 Å². The predicted molar refractivity (Wildman–Crippen MR) is 132 cm³/mol. The molecule has 0 fully saturated rings. The maximum absolute atomic E-state index is 12.4. The largest absolute Gasteiger partial charge is 0.421 e. The molecule has 0 saturated heterocycles. The van der Waals surface area contributed by atoms with Crippen LogP contribution in [0.2, 0.25) is 10.0 Å². The molecule has 11 nitrogen and oxygen atoms in total. The molecule has 0 spiro atoms. The molecule has 4 aromatic rings. The SMILES string of the molecule is Nn1c(Cc2ccc(Br)cc2)nn(CC(=O)NNC(=O)c2cc3cc(Cl)cc(Cl)c3oc2=O)c1=O. The molecule has 0 aliphatic heterocycles. The number of fused-ring (bicyclic) bond motifs is 1. The number of hydrazine groups is 1. The minimum absolute atomic E-state index is 0.0670. The highest BCUT2D eigenvalue weighted by Crippen LogP contribution is 2.27. The average molecular weight is 582 g/mol. The van der Waals surface area contributed by atoms with Crippen molar-refractivity contribution in [2.45, 2.75) is 13.0 Å². The van der Waals surface area contributed by atoms with Crippen LogP contribution in [0.5, 0.6) is 0 Å². The Bertz CT molecular complexity index is 1580. The summed E-state index contributed by atoms with van der Waals surface area (Å²) in [6, 6.07) is 11.4. The van der Waals surface area contributed by atoms with E-state index in [2.05, 4.69) is 31.9 Å². The van der Waals surface area contributed by atoms with Gasteiger partial charge < -0.3 is 10.3 Å². The molecule has 4 rings (SSSR count). The lowest BCUT2D eigenvalue weighted by atomic mass is 10.1. The Kier molecular flexibility index (Phi) is 6.96. The topological polar surface area (TPSA) is 154 Å². The fourth-order valence-electron chi connectivity index (χ4n) is 3.16. The van der Waals surface area contributed by atoms with Crippen LogP contribution in [0.25, 0.3) is 11.0 Å². The fourth-order valence-corrected chi connectivity index (χ4v) is 3.97. The van der Waals surface area contributed by atoms with E-state index in [1.54, 1.807) is 0 Å². The lowest BCUT2D eigenvalue weighted by molar-refractivity contribution is -0.122. The molecule has 2 heterocycles. The smallest absolute Gasteiger partial charge is 0.365 e. The zero-order valence-corrected chi connectivity index (χ0v) is 20.6. The Morgan fingerprint density at radius 2 is 1.80 bits per heavy atom. The molecule has 4 N–H and O–H groups in total. The van der Waals surface area contributed by atoms with Gasteiger partial charge in [0.05, 0.1) is 5.02 Å². The summed E-state index contributed by atoms with van der Waals surface area (Å²) in [5.74, 6) is 4.29. The molecule has 0 saturated carbocycles. The Labute approximate surface area is 214 Å². The molecule has 35 heavy (non-hydrogen) atoms. The standard InChI is InChI=1S/C21H15BrCl2N6O5/c22-12-3-1-10(2-4-12)5-16-28-29(21(34)30(16)25)9-17(31)26-27-19(32)14-7-11-6-13(23)8-15(24)18(11)35-20(14)33/h1-4,6-8H,5,9,25H2,(H,26,31)(H,27,32). The highest BCUT2D eigenvalue weighted by Gasteiger charge is 2.18. The monoisotopic (exact) mass is 580 g/mol. The zero-order valence-electron chi connectivity index (χ0n) is 17.5. The Morgan fingerprint density at radius 1 is 1.09 bits per heavy atom. The van der Waals surface area contributed by atoms with E-state index in [1.165, 1.54) is 18.2 Å². The summed E-state index contributed by atoms with van der Waals surface area (Å²) in [5, 5.41) is 4.78. The molecule has 0 aliphatic rings. The third-order valence-corrected chi connectivity index (χ3v) is 5.85. The first kappa shape index (κ1) is 24.5. The summed E-state index contributed by atoms with van der Waals surface area (Å²) in [7, 11) is 0. The molecule has 2 aromatic carbocycles. The molecule has 0 atom stereocenters. The van der Waals surface area contributed by atoms with Gasteiger partial charge >= 0.3 is 11.3 Å². The fraction of sp³-hybridized carbons (Fsp3) is 0.0952. The summed E-state index contributed by atoms with van der Waals surface area (Å²) in [4.78, 5) is 49.2. The van der Waals surface area contributed by atoms with Crippen LogP contribution in [0.3, 0.4) is 0 Å². The number of hydrogen-bond donors (Lipinski definition) is 3. The van der Waals surface area contributed by atoms with Crippen LogP contribution in [0.4, 0.5) is 0 Å². The lowest BCUT2D eigenvalue weighted by Crippen LogP contribution is -2.45. The third kappa shape index (κ3) is 5.39. The van der Waals surface area contributed by atoms with Gasteiger partial charge in [-0.3, -0.25) is 20.4 Å². The summed E-state index contributed by atoms with van der Waals surface area (Å²) in [5.41, 5.74) is 3.04. The van der Waals surface area contributed by atoms with Gasteiger partial charge in [-0.05, 0) is 35.9 Å². The number of rotatable bonds is 5. The van der Waals surface area contributed by atoms with Gasteiger partial charge in [0.2, 0.25) is 0 Å². The van der Waals surface area contributed by atoms with E-state index in [1.807, 2.05) is 24.3 Å². The summed E-state index contributed by atoms with van der Waals surface area (Å²) in [6.45, 7) is -0.534. The number of amides is 2. The maximum atomic E-state index is 12.4. The average Bonchev–Trinajstić information content (AvgIpc) is 3.06. The second kappa shape index (κ2) is 9.94. The quantitative estimate of drug-likeness (QED) is 0.185. The first-order valence-corrected chi connectivity index (χ1v) is 11.4. The van der Waals surface area contributed by atoms with Gasteiger partial charge in [-0.1, -0.05) is 51.3 Å². The van der Waals surface area contributed by atoms with E-state index in [9.17, 15) is 19.2 Å². The van der Waals surface area contributed by atoms with Gasteiger partial charge in [0, 0.05) is 21.3 Å². The summed E-state index contributed by atoms with van der Waals surface area (Å²) < 4.78 is 7.68. The normalized spacial score (nSPS) is 10.9. The number of nitrogens with one attached hydrogen (secondary N) is 2. The number of hydrogen-bond acceptors (Lipinski definition) is 7. The maximum Gasteiger partial charge on any atom is 0.365 e. The van der Waals surface area contributed by atoms with Crippen LogP contribution >= 0.6 is 39.1 Å². The van der Waals surface area contributed by atoms with E-state index in [4.69, 9.17) is 33.5 Å². The molecular weight excluding hydrogens is 567 g/mol. The van der Waals surface area contributed by atoms with Gasteiger partial charge in [0.25, 0.3) is 11.8 Å². The first-order chi connectivity index (χ1) is 16.6. The van der Waals surface area contributed by atoms with Gasteiger partial charge in [-0.15, -0.1) is 0 Å². The van der Waals surface area contributed by atoms with Gasteiger partial charge in [0.1, 0.15) is 12.1 Å². The molecule has 0 bridgehead atoms. The van der Waals surface area contributed by atoms with E-state index in [-0.39, 0.29) is 27.9 Å². The van der Waals surface area contributed by atoms with Gasteiger partial charge in [0.15, 0.2) is 11.4 Å². The molecular formula is C21H15BrCl2N6O5. The first-order valence-electron chi connectivity index (χ1n) is 9.82. The molecule has 0 unspecified atom stereocenters. The Balaban J connectivity index is 1.43. The number of aromatic nitrogens is 3. The molecule has 14 heteroatoms. The molecule has 0 aliphatic carbocycles. The molecule has 0 radical (unpaired) electrons. The highest BCUT2D eigenvalue weighted by atomic mass is 79.9. The van der Waals surface area contributed by atoms with Gasteiger partial charge in [-0.2, -0.15) is 9.77 Å². The van der Waals surface area contributed by atoms with Crippen molar-refractivity contribution in [1.82, 2.24) is 25.3 Å². The van der Waals surface area contributed by atoms with Crippen molar-refractivity contribution in [2.24, 2.45) is 0 Å². The molecule has 2 aromatic heterocycles. The van der Waals surface area contributed by atoms with Crippen LogP contribution in [-0.2, 0) is 17.8 Å². The van der Waals surface area contributed by atoms with Crippen molar-refractivity contribution in [3.05, 3.63) is 94.8 Å². The summed E-state index contributed by atoms with van der Waals surface area (Å²) in [6.07, 6.45) is 0.260. The minimum atomic E-state index is -0.968. The second-order valence-electron chi connectivity index (χ2n) is 7.29. The second-order valence-corrected chi connectivity index (χ2v) is 9.04. The van der Waals surface area contributed by atoms with Crippen LogP contribution in [0.15, 0.2) is 60.9 Å². The number of carbonyl (C=O) groups excluding carboxylic acids is 2. The van der Waals surface area contributed by atoms with E-state index in [0.29, 0.717) is 5.39 Å². The summed E-state index contributed by atoms with van der Waals surface area (Å²) >= 11 is 15.3. The Morgan fingerprint density at radius 3 is 2.51 bits per heavy atom. The minimum Gasteiger partial charge on any atom is -0.421 e. The predicted octanol–water partition coefficient (Wildman–Crippen LogP) is 1.99. The number of halogens is 3. The van der Waals surface area contributed by atoms with Crippen molar-refractivity contribution in [2.75, 3.05) is 5.84 Å². The molecule has 2 amide bonds. The number of carbonyl (C=O) groups is 2. The zero-order chi connectivity index (χ0) is 25.3. The van der Waals surface area contributed by atoms with Crippen LogP contribution in [-0.4, -0.2) is 26.3 Å².